The number of hydrogen-bond acceptors (Lipinski definition) is 4. The summed E-state index contributed by atoms with van der Waals surface area (Å²) in [5.41, 5.74) is 5.89. The molecular formula is C12H20N4O. The molecule has 94 valence electrons. The smallest absolute Gasteiger partial charge is 0.270 e. The van der Waals surface area contributed by atoms with Gasteiger partial charge in [-0.2, -0.15) is 0 Å². The van der Waals surface area contributed by atoms with Crippen molar-refractivity contribution in [2.24, 2.45) is 0 Å². The molecule has 0 fully saturated rings. The first kappa shape index (κ1) is 13.4. The van der Waals surface area contributed by atoms with E-state index in [1.807, 2.05) is 21.0 Å². The summed E-state index contributed by atoms with van der Waals surface area (Å²) in [6, 6.07) is 5.16. The third-order valence-corrected chi connectivity index (χ3v) is 2.39. The van der Waals surface area contributed by atoms with Crippen molar-refractivity contribution in [1.29, 1.82) is 0 Å². The molecule has 1 aromatic heterocycles. The summed E-state index contributed by atoms with van der Waals surface area (Å²) < 4.78 is 0. The van der Waals surface area contributed by atoms with Crippen LogP contribution in [0.15, 0.2) is 18.2 Å². The van der Waals surface area contributed by atoms with Crippen LogP contribution in [0.25, 0.3) is 0 Å². The number of rotatable bonds is 5. The maximum absolute atomic E-state index is 11.8. The zero-order chi connectivity index (χ0) is 12.8. The third kappa shape index (κ3) is 4.82. The van der Waals surface area contributed by atoms with Gasteiger partial charge in [0.25, 0.3) is 5.91 Å². The van der Waals surface area contributed by atoms with Crippen LogP contribution in [0.3, 0.4) is 0 Å². The molecule has 1 unspecified atom stereocenters. The van der Waals surface area contributed by atoms with Gasteiger partial charge >= 0.3 is 0 Å². The second kappa shape index (κ2) is 6.20. The summed E-state index contributed by atoms with van der Waals surface area (Å²) >= 11 is 0. The van der Waals surface area contributed by atoms with Gasteiger partial charge in [0.1, 0.15) is 11.5 Å². The highest BCUT2D eigenvalue weighted by Gasteiger charge is 2.11. The Bertz CT molecular complexity index is 379. The molecule has 0 saturated heterocycles. The lowest BCUT2D eigenvalue weighted by Crippen LogP contribution is -2.35. The summed E-state index contributed by atoms with van der Waals surface area (Å²) in [6.07, 6.45) is 0.904. The van der Waals surface area contributed by atoms with Gasteiger partial charge in [-0.05, 0) is 46.1 Å². The van der Waals surface area contributed by atoms with Crippen LogP contribution in [0.2, 0.25) is 0 Å². The lowest BCUT2D eigenvalue weighted by Gasteiger charge is -2.16. The maximum Gasteiger partial charge on any atom is 0.270 e. The largest absolute Gasteiger partial charge is 0.384 e. The monoisotopic (exact) mass is 236 g/mol. The number of anilines is 1. The summed E-state index contributed by atoms with van der Waals surface area (Å²) in [5.74, 6) is 0.183. The fourth-order valence-corrected chi connectivity index (χ4v) is 1.40. The first-order chi connectivity index (χ1) is 7.99. The Kier molecular flexibility index (Phi) is 4.90. The third-order valence-electron chi connectivity index (χ3n) is 2.39. The molecule has 5 nitrogen and oxygen atoms in total. The summed E-state index contributed by atoms with van der Waals surface area (Å²) in [5, 5.41) is 2.90. The summed E-state index contributed by atoms with van der Waals surface area (Å²) in [6.45, 7) is 2.92. The van der Waals surface area contributed by atoms with Crippen molar-refractivity contribution in [2.75, 3.05) is 26.4 Å². The van der Waals surface area contributed by atoms with E-state index < -0.39 is 0 Å². The van der Waals surface area contributed by atoms with Gasteiger partial charge in [0, 0.05) is 6.04 Å². The van der Waals surface area contributed by atoms with E-state index in [4.69, 9.17) is 5.73 Å². The van der Waals surface area contributed by atoms with Crippen LogP contribution in [-0.4, -0.2) is 42.5 Å². The molecule has 1 atom stereocenters. The highest BCUT2D eigenvalue weighted by molar-refractivity contribution is 5.92. The fourth-order valence-electron chi connectivity index (χ4n) is 1.40. The predicted molar refractivity (Wildman–Crippen MR) is 68.7 cm³/mol. The minimum Gasteiger partial charge on any atom is -0.384 e. The average Bonchev–Trinajstić information content (AvgIpc) is 2.26. The zero-order valence-electron chi connectivity index (χ0n) is 10.6. The van der Waals surface area contributed by atoms with E-state index in [1.165, 1.54) is 0 Å². The highest BCUT2D eigenvalue weighted by atomic mass is 16.1. The van der Waals surface area contributed by atoms with Gasteiger partial charge in [0.2, 0.25) is 0 Å². The van der Waals surface area contributed by atoms with Crippen LogP contribution >= 0.6 is 0 Å². The topological polar surface area (TPSA) is 71.2 Å². The van der Waals surface area contributed by atoms with Gasteiger partial charge in [0.05, 0.1) is 0 Å². The number of nitrogens with one attached hydrogen (secondary N) is 1. The van der Waals surface area contributed by atoms with Crippen LogP contribution in [0.4, 0.5) is 5.82 Å². The molecular weight excluding hydrogens is 216 g/mol. The number of nitrogens with two attached hydrogens (primary N) is 1. The molecule has 0 aliphatic carbocycles. The second-order valence-electron chi connectivity index (χ2n) is 4.41. The second-order valence-corrected chi connectivity index (χ2v) is 4.41. The Hall–Kier alpha value is -1.62. The molecule has 17 heavy (non-hydrogen) atoms. The summed E-state index contributed by atoms with van der Waals surface area (Å²) in [4.78, 5) is 17.9. The Morgan fingerprint density at radius 2 is 2.24 bits per heavy atom. The molecule has 1 rings (SSSR count). The van der Waals surface area contributed by atoms with E-state index in [2.05, 4.69) is 15.2 Å². The number of pyridine rings is 1. The van der Waals surface area contributed by atoms with E-state index >= 15 is 0 Å². The molecule has 3 N–H and O–H groups in total. The molecule has 1 aromatic rings. The molecule has 0 spiro atoms. The molecule has 1 heterocycles. The number of aromatic nitrogens is 1. The van der Waals surface area contributed by atoms with Crippen LogP contribution in [-0.2, 0) is 0 Å². The lowest BCUT2D eigenvalue weighted by molar-refractivity contribution is 0.0932. The lowest BCUT2D eigenvalue weighted by atomic mass is 10.2. The molecule has 1 amide bonds. The van der Waals surface area contributed by atoms with Crippen LogP contribution < -0.4 is 11.1 Å². The van der Waals surface area contributed by atoms with Gasteiger partial charge in [-0.25, -0.2) is 4.98 Å². The maximum atomic E-state index is 11.8. The fraction of sp³-hybridized carbons (Fsp3) is 0.500. The number of hydrogen-bond donors (Lipinski definition) is 2. The first-order valence-electron chi connectivity index (χ1n) is 5.67. The molecule has 0 aliphatic rings. The minimum atomic E-state index is -0.177. The van der Waals surface area contributed by atoms with Gasteiger partial charge in [0.15, 0.2) is 0 Å². The molecule has 0 aromatic carbocycles. The van der Waals surface area contributed by atoms with Crippen LogP contribution in [0.1, 0.15) is 23.8 Å². The Morgan fingerprint density at radius 3 is 2.82 bits per heavy atom. The van der Waals surface area contributed by atoms with Crippen molar-refractivity contribution in [3.63, 3.8) is 0 Å². The SMILES string of the molecule is CC(CCN(C)C)NC(=O)c1cccc(N)n1. The number of nitrogens with zero attached hydrogens (tertiary/aromatic N) is 2. The van der Waals surface area contributed by atoms with E-state index in [9.17, 15) is 4.79 Å². The predicted octanol–water partition coefficient (Wildman–Crippen LogP) is 0.734. The molecule has 0 bridgehead atoms. The van der Waals surface area contributed by atoms with Crippen LogP contribution in [0, 0.1) is 0 Å². The quantitative estimate of drug-likeness (QED) is 0.790. The normalized spacial score (nSPS) is 12.5. The van der Waals surface area contributed by atoms with Crippen molar-refractivity contribution in [3.8, 4) is 0 Å². The van der Waals surface area contributed by atoms with Gasteiger partial charge in [-0.3, -0.25) is 4.79 Å². The van der Waals surface area contributed by atoms with Crippen molar-refractivity contribution in [1.82, 2.24) is 15.2 Å². The standard InChI is InChI=1S/C12H20N4O/c1-9(7-8-16(2)3)14-12(17)10-5-4-6-11(13)15-10/h4-6,9H,7-8H2,1-3H3,(H2,13,15)(H,14,17). The number of carbonyl (C=O) groups excluding carboxylic acids is 1. The zero-order valence-corrected chi connectivity index (χ0v) is 10.6. The Morgan fingerprint density at radius 1 is 1.53 bits per heavy atom. The minimum absolute atomic E-state index is 0.119. The van der Waals surface area contributed by atoms with E-state index in [0.717, 1.165) is 13.0 Å². The summed E-state index contributed by atoms with van der Waals surface area (Å²) in [7, 11) is 4.02. The molecule has 0 aliphatic heterocycles. The van der Waals surface area contributed by atoms with Crippen molar-refractivity contribution >= 4 is 11.7 Å². The molecule has 0 saturated carbocycles. The van der Waals surface area contributed by atoms with Crippen molar-refractivity contribution in [3.05, 3.63) is 23.9 Å². The van der Waals surface area contributed by atoms with Gasteiger partial charge in [-0.15, -0.1) is 0 Å². The van der Waals surface area contributed by atoms with Gasteiger partial charge < -0.3 is 16.0 Å². The number of carbonyl (C=O) groups is 1. The first-order valence-corrected chi connectivity index (χ1v) is 5.67. The number of nitrogen functional groups attached to an aromatic ring is 1. The molecule has 0 radical (unpaired) electrons. The molecule has 5 heteroatoms. The van der Waals surface area contributed by atoms with Crippen molar-refractivity contribution in [2.45, 2.75) is 19.4 Å². The van der Waals surface area contributed by atoms with Crippen molar-refractivity contribution < 1.29 is 4.79 Å². The van der Waals surface area contributed by atoms with E-state index in [1.54, 1.807) is 18.2 Å². The number of amides is 1. The van der Waals surface area contributed by atoms with Gasteiger partial charge in [-0.1, -0.05) is 6.07 Å². The van der Waals surface area contributed by atoms with Crippen LogP contribution in [0.5, 0.6) is 0 Å². The highest BCUT2D eigenvalue weighted by Crippen LogP contribution is 2.01. The Labute approximate surface area is 102 Å². The Balaban J connectivity index is 2.49. The van der Waals surface area contributed by atoms with E-state index in [-0.39, 0.29) is 11.9 Å². The van der Waals surface area contributed by atoms with E-state index in [0.29, 0.717) is 11.5 Å². The average molecular weight is 236 g/mol.